The van der Waals surface area contributed by atoms with Crippen molar-refractivity contribution in [2.75, 3.05) is 0 Å². The molecule has 2 aromatic carbocycles. The van der Waals surface area contributed by atoms with Crippen LogP contribution in [0.25, 0.3) is 0 Å². The van der Waals surface area contributed by atoms with Crippen molar-refractivity contribution in [1.82, 2.24) is 0 Å². The molecule has 1 atom stereocenters. The van der Waals surface area contributed by atoms with Gasteiger partial charge in [0.25, 0.3) is 0 Å². The van der Waals surface area contributed by atoms with Gasteiger partial charge in [-0.1, -0.05) is 24.3 Å². The topological polar surface area (TPSA) is 63.6 Å². The van der Waals surface area contributed by atoms with Crippen LogP contribution in [0.2, 0.25) is 0 Å². The highest BCUT2D eigenvalue weighted by atomic mass is 16.5. The minimum atomic E-state index is -0.735. The Morgan fingerprint density at radius 3 is 2.57 bits per heavy atom. The van der Waals surface area contributed by atoms with Gasteiger partial charge in [0.05, 0.1) is 5.56 Å². The molecule has 4 heteroatoms. The van der Waals surface area contributed by atoms with E-state index in [0.29, 0.717) is 17.5 Å². The van der Waals surface area contributed by atoms with Gasteiger partial charge in [0.2, 0.25) is 5.78 Å². The molecule has 0 heterocycles. The smallest absolute Gasteiger partial charge is 0.338 e. The van der Waals surface area contributed by atoms with Gasteiger partial charge in [0.15, 0.2) is 6.10 Å². The molecule has 106 valence electrons. The van der Waals surface area contributed by atoms with Gasteiger partial charge in [-0.05, 0) is 42.7 Å². The van der Waals surface area contributed by atoms with E-state index >= 15 is 0 Å². The number of Topliss-reactive ketones (excluding diaryl/α,β-unsaturated/α-hetero) is 1. The third-order valence-corrected chi connectivity index (χ3v) is 3.60. The van der Waals surface area contributed by atoms with Crippen LogP contribution in [0.3, 0.4) is 0 Å². The second-order valence-electron chi connectivity index (χ2n) is 5.00. The first-order valence-corrected chi connectivity index (χ1v) is 6.77. The molecule has 3 rings (SSSR count). The number of phenols is 1. The Kier molecular flexibility index (Phi) is 3.44. The van der Waals surface area contributed by atoms with E-state index in [1.165, 1.54) is 24.3 Å². The van der Waals surface area contributed by atoms with Crippen molar-refractivity contribution in [3.8, 4) is 5.75 Å². The Hall–Kier alpha value is -2.62. The maximum absolute atomic E-state index is 12.3. The summed E-state index contributed by atoms with van der Waals surface area (Å²) in [5.41, 5.74) is 1.95. The van der Waals surface area contributed by atoms with Gasteiger partial charge in [-0.2, -0.15) is 0 Å². The molecule has 2 aromatic rings. The van der Waals surface area contributed by atoms with Crippen LogP contribution < -0.4 is 0 Å². The van der Waals surface area contributed by atoms with E-state index in [4.69, 9.17) is 4.74 Å². The van der Waals surface area contributed by atoms with Crippen LogP contribution in [0.1, 0.15) is 32.7 Å². The lowest BCUT2D eigenvalue weighted by Crippen LogP contribution is -2.32. The molecule has 4 nitrogen and oxygen atoms in total. The van der Waals surface area contributed by atoms with E-state index in [1.54, 1.807) is 12.1 Å². The molecule has 0 spiro atoms. The van der Waals surface area contributed by atoms with Gasteiger partial charge in [-0.15, -0.1) is 0 Å². The fraction of sp³-hybridized carbons (Fsp3) is 0.176. The SMILES string of the molecule is O=C(O[C@H]1CCc2ccccc2C1=O)c1ccc(O)cc1. The van der Waals surface area contributed by atoms with Crippen molar-refractivity contribution in [3.05, 3.63) is 65.2 Å². The quantitative estimate of drug-likeness (QED) is 0.860. The maximum Gasteiger partial charge on any atom is 0.338 e. The highest BCUT2D eigenvalue weighted by molar-refractivity contribution is 6.03. The number of esters is 1. The maximum atomic E-state index is 12.3. The summed E-state index contributed by atoms with van der Waals surface area (Å²) in [5, 5.41) is 9.20. The van der Waals surface area contributed by atoms with Gasteiger partial charge < -0.3 is 9.84 Å². The van der Waals surface area contributed by atoms with E-state index in [1.807, 2.05) is 12.1 Å². The van der Waals surface area contributed by atoms with Crippen molar-refractivity contribution in [3.63, 3.8) is 0 Å². The number of ketones is 1. The average molecular weight is 282 g/mol. The Morgan fingerprint density at radius 2 is 1.81 bits per heavy atom. The summed E-state index contributed by atoms with van der Waals surface area (Å²) in [4.78, 5) is 24.3. The third-order valence-electron chi connectivity index (χ3n) is 3.60. The largest absolute Gasteiger partial charge is 0.508 e. The normalized spacial score (nSPS) is 17.1. The molecule has 0 saturated carbocycles. The van der Waals surface area contributed by atoms with Crippen LogP contribution in [0.4, 0.5) is 0 Å². The lowest BCUT2D eigenvalue weighted by Gasteiger charge is -2.23. The molecule has 0 amide bonds. The highest BCUT2D eigenvalue weighted by Gasteiger charge is 2.30. The monoisotopic (exact) mass is 282 g/mol. The molecule has 1 aliphatic rings. The summed E-state index contributed by atoms with van der Waals surface area (Å²) in [6.45, 7) is 0. The third kappa shape index (κ3) is 2.65. The van der Waals surface area contributed by atoms with E-state index in [2.05, 4.69) is 0 Å². The van der Waals surface area contributed by atoms with E-state index < -0.39 is 12.1 Å². The second-order valence-corrected chi connectivity index (χ2v) is 5.00. The number of hydrogen-bond acceptors (Lipinski definition) is 4. The predicted molar refractivity (Wildman–Crippen MR) is 76.4 cm³/mol. The number of ether oxygens (including phenoxy) is 1. The van der Waals surface area contributed by atoms with E-state index in [9.17, 15) is 14.7 Å². The lowest BCUT2D eigenvalue weighted by molar-refractivity contribution is 0.0257. The zero-order valence-electron chi connectivity index (χ0n) is 11.3. The van der Waals surface area contributed by atoms with Crippen LogP contribution in [-0.4, -0.2) is 23.0 Å². The van der Waals surface area contributed by atoms with Gasteiger partial charge in [0.1, 0.15) is 5.75 Å². The number of aryl methyl sites for hydroxylation is 1. The number of hydrogen-bond donors (Lipinski definition) is 1. The number of phenolic OH excluding ortho intramolecular Hbond substituents is 1. The minimum Gasteiger partial charge on any atom is -0.508 e. The number of rotatable bonds is 2. The van der Waals surface area contributed by atoms with Gasteiger partial charge in [-0.3, -0.25) is 4.79 Å². The summed E-state index contributed by atoms with van der Waals surface area (Å²) in [6, 6.07) is 13.2. The first-order chi connectivity index (χ1) is 10.1. The van der Waals surface area contributed by atoms with Crippen molar-refractivity contribution in [1.29, 1.82) is 0 Å². The lowest BCUT2D eigenvalue weighted by atomic mass is 9.89. The van der Waals surface area contributed by atoms with Crippen LogP contribution in [0.5, 0.6) is 5.75 Å². The Labute approximate surface area is 122 Å². The average Bonchev–Trinajstić information content (AvgIpc) is 2.51. The molecular weight excluding hydrogens is 268 g/mol. The summed E-state index contributed by atoms with van der Waals surface area (Å²) in [6.07, 6.45) is 0.482. The van der Waals surface area contributed by atoms with Crippen molar-refractivity contribution in [2.24, 2.45) is 0 Å². The molecule has 0 radical (unpaired) electrons. The molecule has 0 bridgehead atoms. The Balaban J connectivity index is 1.76. The summed E-state index contributed by atoms with van der Waals surface area (Å²) in [7, 11) is 0. The number of benzene rings is 2. The van der Waals surface area contributed by atoms with Crippen molar-refractivity contribution < 1.29 is 19.4 Å². The summed E-state index contributed by atoms with van der Waals surface area (Å²) in [5.74, 6) is -0.620. The molecule has 1 N–H and O–H groups in total. The van der Waals surface area contributed by atoms with E-state index in [0.717, 1.165) is 12.0 Å². The molecule has 0 fully saturated rings. The predicted octanol–water partition coefficient (Wildman–Crippen LogP) is 2.75. The molecule has 1 aliphatic carbocycles. The fourth-order valence-electron chi connectivity index (χ4n) is 2.48. The molecule has 0 aromatic heterocycles. The minimum absolute atomic E-state index is 0.0780. The molecule has 21 heavy (non-hydrogen) atoms. The first kappa shape index (κ1) is 13.4. The van der Waals surface area contributed by atoms with Crippen molar-refractivity contribution in [2.45, 2.75) is 18.9 Å². The van der Waals surface area contributed by atoms with E-state index in [-0.39, 0.29) is 11.5 Å². The molecule has 0 saturated heterocycles. The van der Waals surface area contributed by atoms with Crippen LogP contribution in [0, 0.1) is 0 Å². The summed E-state index contributed by atoms with van der Waals surface area (Å²) >= 11 is 0. The number of fused-ring (bicyclic) bond motifs is 1. The molecule has 0 unspecified atom stereocenters. The van der Waals surface area contributed by atoms with Crippen molar-refractivity contribution >= 4 is 11.8 Å². The van der Waals surface area contributed by atoms with Gasteiger partial charge in [-0.25, -0.2) is 4.79 Å². The first-order valence-electron chi connectivity index (χ1n) is 6.77. The number of aromatic hydroxyl groups is 1. The highest BCUT2D eigenvalue weighted by Crippen LogP contribution is 2.24. The molecular formula is C17H14O4. The number of carbonyl (C=O) groups is 2. The Morgan fingerprint density at radius 1 is 1.10 bits per heavy atom. The van der Waals surface area contributed by atoms with Crippen LogP contribution in [-0.2, 0) is 11.2 Å². The summed E-state index contributed by atoms with van der Waals surface area (Å²) < 4.78 is 5.32. The standard InChI is InChI=1S/C17H14O4/c18-13-8-5-12(6-9-13)17(20)21-15-10-7-11-3-1-2-4-14(11)16(15)19/h1-6,8-9,15,18H,7,10H2/t15-/m0/s1. The van der Waals surface area contributed by atoms with Gasteiger partial charge in [0, 0.05) is 5.56 Å². The Bertz CT molecular complexity index is 688. The van der Waals surface area contributed by atoms with Gasteiger partial charge >= 0.3 is 5.97 Å². The zero-order valence-corrected chi connectivity index (χ0v) is 11.3. The molecule has 0 aliphatic heterocycles. The zero-order chi connectivity index (χ0) is 14.8. The van der Waals surface area contributed by atoms with Crippen LogP contribution >= 0.6 is 0 Å². The second kappa shape index (κ2) is 5.40. The number of carbonyl (C=O) groups excluding carboxylic acids is 2. The fourth-order valence-corrected chi connectivity index (χ4v) is 2.48. The van der Waals surface area contributed by atoms with Crippen LogP contribution in [0.15, 0.2) is 48.5 Å².